The molecule has 1 heteroatoms. The zero-order chi connectivity index (χ0) is 12.1. The van der Waals surface area contributed by atoms with Gasteiger partial charge in [-0.05, 0) is 37.3 Å². The maximum absolute atomic E-state index is 12.0. The Morgan fingerprint density at radius 2 is 2.12 bits per heavy atom. The Hall–Kier alpha value is -1.55. The number of carbonyl (C=O) groups excluding carboxylic acids is 1. The lowest BCUT2D eigenvalue weighted by Gasteiger charge is -2.23. The molecule has 1 unspecified atom stereocenters. The summed E-state index contributed by atoms with van der Waals surface area (Å²) < 4.78 is 0. The van der Waals surface area contributed by atoms with Gasteiger partial charge in [0.2, 0.25) is 0 Å². The van der Waals surface area contributed by atoms with Crippen LogP contribution in [0.1, 0.15) is 37.3 Å². The van der Waals surface area contributed by atoms with Crippen LogP contribution < -0.4 is 0 Å². The standard InChI is InChI=1S/C16H18O/c1-2-3-4-9-16(17)15-11-10-13-7-5-6-8-14(13)12-15/h5-8,15H,4,9-12H2,1H3. The Morgan fingerprint density at radius 3 is 2.88 bits per heavy atom. The zero-order valence-corrected chi connectivity index (χ0v) is 10.3. The van der Waals surface area contributed by atoms with Crippen molar-refractivity contribution in [3.63, 3.8) is 0 Å². The van der Waals surface area contributed by atoms with Crippen LogP contribution in [0, 0.1) is 17.8 Å². The van der Waals surface area contributed by atoms with Gasteiger partial charge in [-0.25, -0.2) is 0 Å². The van der Waals surface area contributed by atoms with E-state index in [-0.39, 0.29) is 5.92 Å². The third-order valence-electron chi connectivity index (χ3n) is 3.48. The highest BCUT2D eigenvalue weighted by Crippen LogP contribution is 2.26. The number of aryl methyl sites for hydroxylation is 1. The Bertz CT molecular complexity index is 462. The lowest BCUT2D eigenvalue weighted by Crippen LogP contribution is -2.22. The summed E-state index contributed by atoms with van der Waals surface area (Å²) in [6.07, 6.45) is 4.32. The molecule has 1 atom stereocenters. The third-order valence-corrected chi connectivity index (χ3v) is 3.48. The van der Waals surface area contributed by atoms with Crippen molar-refractivity contribution in [3.05, 3.63) is 35.4 Å². The van der Waals surface area contributed by atoms with Gasteiger partial charge in [-0.3, -0.25) is 4.79 Å². The van der Waals surface area contributed by atoms with E-state index >= 15 is 0 Å². The Balaban J connectivity index is 1.97. The zero-order valence-electron chi connectivity index (χ0n) is 10.3. The van der Waals surface area contributed by atoms with Gasteiger partial charge in [-0.1, -0.05) is 24.3 Å². The van der Waals surface area contributed by atoms with Crippen LogP contribution >= 0.6 is 0 Å². The number of hydrogen-bond acceptors (Lipinski definition) is 1. The molecular weight excluding hydrogens is 208 g/mol. The van der Waals surface area contributed by atoms with E-state index in [0.29, 0.717) is 18.6 Å². The van der Waals surface area contributed by atoms with E-state index in [9.17, 15) is 4.79 Å². The summed E-state index contributed by atoms with van der Waals surface area (Å²) in [5.74, 6) is 6.42. The van der Waals surface area contributed by atoms with Gasteiger partial charge >= 0.3 is 0 Å². The van der Waals surface area contributed by atoms with Crippen LogP contribution in [-0.2, 0) is 17.6 Å². The quantitative estimate of drug-likeness (QED) is 0.723. The fraction of sp³-hybridized carbons (Fsp3) is 0.438. The lowest BCUT2D eigenvalue weighted by molar-refractivity contribution is -0.123. The molecular formula is C16H18O. The van der Waals surface area contributed by atoms with Crippen molar-refractivity contribution >= 4 is 5.78 Å². The first-order valence-corrected chi connectivity index (χ1v) is 6.30. The minimum absolute atomic E-state index is 0.226. The second kappa shape index (κ2) is 5.68. The van der Waals surface area contributed by atoms with E-state index < -0.39 is 0 Å². The third kappa shape index (κ3) is 2.97. The van der Waals surface area contributed by atoms with Gasteiger partial charge in [0.05, 0.1) is 0 Å². The summed E-state index contributed by atoms with van der Waals surface area (Å²) in [7, 11) is 0. The second-order valence-corrected chi connectivity index (χ2v) is 4.60. The lowest BCUT2D eigenvalue weighted by atomic mass is 9.81. The van der Waals surface area contributed by atoms with E-state index in [2.05, 4.69) is 36.1 Å². The smallest absolute Gasteiger partial charge is 0.137 e. The first-order chi connectivity index (χ1) is 8.31. The van der Waals surface area contributed by atoms with Crippen molar-refractivity contribution in [2.24, 2.45) is 5.92 Å². The molecule has 2 rings (SSSR count). The van der Waals surface area contributed by atoms with E-state index in [1.807, 2.05) is 6.92 Å². The molecule has 0 saturated carbocycles. The average Bonchev–Trinajstić information content (AvgIpc) is 2.38. The highest BCUT2D eigenvalue weighted by Gasteiger charge is 2.23. The molecule has 1 nitrogen and oxygen atoms in total. The van der Waals surface area contributed by atoms with Gasteiger partial charge in [0.1, 0.15) is 5.78 Å². The van der Waals surface area contributed by atoms with Crippen LogP contribution in [0.15, 0.2) is 24.3 Å². The molecule has 0 N–H and O–H groups in total. The second-order valence-electron chi connectivity index (χ2n) is 4.60. The minimum Gasteiger partial charge on any atom is -0.299 e. The molecule has 0 amide bonds. The number of ketones is 1. The van der Waals surface area contributed by atoms with Crippen LogP contribution in [0.2, 0.25) is 0 Å². The topological polar surface area (TPSA) is 17.1 Å². The highest BCUT2D eigenvalue weighted by molar-refractivity contribution is 5.81. The molecule has 1 aromatic rings. The normalized spacial score (nSPS) is 17.8. The van der Waals surface area contributed by atoms with Crippen molar-refractivity contribution in [3.8, 4) is 11.8 Å². The van der Waals surface area contributed by atoms with Crippen LogP contribution in [-0.4, -0.2) is 5.78 Å². The molecule has 1 aliphatic carbocycles. The highest BCUT2D eigenvalue weighted by atomic mass is 16.1. The number of rotatable bonds is 3. The average molecular weight is 226 g/mol. The number of Topliss-reactive ketones (excluding diaryl/α,β-unsaturated/α-hetero) is 1. The first-order valence-electron chi connectivity index (χ1n) is 6.30. The van der Waals surface area contributed by atoms with Crippen LogP contribution in [0.5, 0.6) is 0 Å². The summed E-state index contributed by atoms with van der Waals surface area (Å²) in [4.78, 5) is 12.0. The fourth-order valence-corrected chi connectivity index (χ4v) is 2.49. The molecule has 17 heavy (non-hydrogen) atoms. The van der Waals surface area contributed by atoms with E-state index in [1.165, 1.54) is 11.1 Å². The molecule has 88 valence electrons. The van der Waals surface area contributed by atoms with Crippen molar-refractivity contribution < 1.29 is 4.79 Å². The van der Waals surface area contributed by atoms with Crippen LogP contribution in [0.3, 0.4) is 0 Å². The summed E-state index contributed by atoms with van der Waals surface area (Å²) in [5, 5.41) is 0. The van der Waals surface area contributed by atoms with Crippen molar-refractivity contribution in [1.82, 2.24) is 0 Å². The predicted octanol–water partition coefficient (Wildman–Crippen LogP) is 3.16. The van der Waals surface area contributed by atoms with Crippen molar-refractivity contribution in [1.29, 1.82) is 0 Å². The molecule has 0 heterocycles. The van der Waals surface area contributed by atoms with Crippen LogP contribution in [0.25, 0.3) is 0 Å². The van der Waals surface area contributed by atoms with Crippen LogP contribution in [0.4, 0.5) is 0 Å². The SMILES string of the molecule is CC#CCCC(=O)C1CCc2ccccc2C1. The fourth-order valence-electron chi connectivity index (χ4n) is 2.49. The van der Waals surface area contributed by atoms with Gasteiger partial charge in [-0.2, -0.15) is 0 Å². The molecule has 1 aromatic carbocycles. The number of hydrogen-bond donors (Lipinski definition) is 0. The summed E-state index contributed by atoms with van der Waals surface area (Å²) in [5.41, 5.74) is 2.78. The summed E-state index contributed by atoms with van der Waals surface area (Å²) in [6.45, 7) is 1.82. The minimum atomic E-state index is 0.226. The molecule has 0 fully saturated rings. The summed E-state index contributed by atoms with van der Waals surface area (Å²) in [6, 6.07) is 8.48. The Kier molecular flexibility index (Phi) is 3.98. The Labute approximate surface area is 103 Å². The number of fused-ring (bicyclic) bond motifs is 1. The largest absolute Gasteiger partial charge is 0.299 e. The molecule has 0 aliphatic heterocycles. The van der Waals surface area contributed by atoms with Gasteiger partial charge in [0, 0.05) is 18.8 Å². The number of benzene rings is 1. The van der Waals surface area contributed by atoms with Gasteiger partial charge in [0.25, 0.3) is 0 Å². The van der Waals surface area contributed by atoms with Gasteiger partial charge in [-0.15, -0.1) is 11.8 Å². The maximum atomic E-state index is 12.0. The first kappa shape index (κ1) is 11.9. The molecule has 0 spiro atoms. The molecule has 1 aliphatic rings. The van der Waals surface area contributed by atoms with E-state index in [4.69, 9.17) is 0 Å². The van der Waals surface area contributed by atoms with E-state index in [0.717, 1.165) is 19.3 Å². The predicted molar refractivity (Wildman–Crippen MR) is 69.6 cm³/mol. The molecule has 0 aromatic heterocycles. The maximum Gasteiger partial charge on any atom is 0.137 e. The van der Waals surface area contributed by atoms with Gasteiger partial charge < -0.3 is 0 Å². The Morgan fingerprint density at radius 1 is 1.35 bits per heavy atom. The monoisotopic (exact) mass is 226 g/mol. The summed E-state index contributed by atoms with van der Waals surface area (Å²) >= 11 is 0. The van der Waals surface area contributed by atoms with Crippen molar-refractivity contribution in [2.45, 2.75) is 39.0 Å². The van der Waals surface area contributed by atoms with E-state index in [1.54, 1.807) is 0 Å². The molecule has 0 saturated heterocycles. The van der Waals surface area contributed by atoms with Gasteiger partial charge in [0.15, 0.2) is 0 Å². The molecule has 0 bridgehead atoms. The van der Waals surface area contributed by atoms with Crippen molar-refractivity contribution in [2.75, 3.05) is 0 Å². The number of carbonyl (C=O) groups is 1. The molecule has 0 radical (unpaired) electrons.